The summed E-state index contributed by atoms with van der Waals surface area (Å²) in [5.41, 5.74) is 2.03. The topological polar surface area (TPSA) is 46.5 Å². The molecule has 0 heterocycles. The van der Waals surface area contributed by atoms with Crippen LogP contribution >= 0.6 is 0 Å². The van der Waals surface area contributed by atoms with Crippen LogP contribution in [0.2, 0.25) is 0 Å². The standard InChI is InChI=1S/C20H24O3/c1-2-3-4-5-6-7-20(22)23-19-14-10-17(11-15-19)16-8-12-18(21)13-9-16/h8-15,21H,2-7H2,1H3. The van der Waals surface area contributed by atoms with E-state index in [0.717, 1.165) is 24.0 Å². The molecule has 2 aromatic rings. The Morgan fingerprint density at radius 2 is 1.43 bits per heavy atom. The third kappa shape index (κ3) is 5.78. The minimum Gasteiger partial charge on any atom is -0.508 e. The Morgan fingerprint density at radius 3 is 2.04 bits per heavy atom. The normalized spacial score (nSPS) is 10.5. The van der Waals surface area contributed by atoms with Gasteiger partial charge in [-0.1, -0.05) is 56.9 Å². The first-order valence-corrected chi connectivity index (χ1v) is 8.29. The number of rotatable bonds is 8. The molecule has 0 aromatic heterocycles. The summed E-state index contributed by atoms with van der Waals surface area (Å²) in [6.45, 7) is 2.18. The molecule has 3 nitrogen and oxygen atoms in total. The minimum atomic E-state index is -0.168. The lowest BCUT2D eigenvalue weighted by molar-refractivity contribution is -0.134. The van der Waals surface area contributed by atoms with Gasteiger partial charge in [0.05, 0.1) is 0 Å². The second-order valence-electron chi connectivity index (χ2n) is 5.71. The summed E-state index contributed by atoms with van der Waals surface area (Å²) < 4.78 is 5.35. The van der Waals surface area contributed by atoms with E-state index >= 15 is 0 Å². The molecule has 0 saturated carbocycles. The van der Waals surface area contributed by atoms with Crippen molar-refractivity contribution in [1.29, 1.82) is 0 Å². The summed E-state index contributed by atoms with van der Waals surface area (Å²) in [5.74, 6) is 0.656. The molecule has 0 atom stereocenters. The molecule has 0 aliphatic carbocycles. The van der Waals surface area contributed by atoms with Gasteiger partial charge in [0.25, 0.3) is 0 Å². The first kappa shape index (κ1) is 17.1. The monoisotopic (exact) mass is 312 g/mol. The van der Waals surface area contributed by atoms with Crippen LogP contribution in [0.5, 0.6) is 11.5 Å². The van der Waals surface area contributed by atoms with Crippen molar-refractivity contribution in [1.82, 2.24) is 0 Å². The van der Waals surface area contributed by atoms with Crippen LogP contribution in [-0.2, 0) is 4.79 Å². The van der Waals surface area contributed by atoms with E-state index < -0.39 is 0 Å². The van der Waals surface area contributed by atoms with Gasteiger partial charge in [-0.15, -0.1) is 0 Å². The van der Waals surface area contributed by atoms with Gasteiger partial charge in [0.1, 0.15) is 11.5 Å². The smallest absolute Gasteiger partial charge is 0.311 e. The number of aromatic hydroxyl groups is 1. The summed E-state index contributed by atoms with van der Waals surface area (Å²) >= 11 is 0. The zero-order chi connectivity index (χ0) is 16.5. The molecule has 3 heteroatoms. The Labute approximate surface area is 137 Å². The molecule has 0 aliphatic rings. The van der Waals surface area contributed by atoms with Gasteiger partial charge < -0.3 is 9.84 Å². The number of benzene rings is 2. The molecule has 2 aromatic carbocycles. The lowest BCUT2D eigenvalue weighted by Crippen LogP contribution is -2.07. The van der Waals surface area contributed by atoms with E-state index in [-0.39, 0.29) is 11.7 Å². The van der Waals surface area contributed by atoms with Crippen LogP contribution in [0.15, 0.2) is 48.5 Å². The minimum absolute atomic E-state index is 0.168. The van der Waals surface area contributed by atoms with Gasteiger partial charge in [0.2, 0.25) is 0 Å². The maximum Gasteiger partial charge on any atom is 0.311 e. The Kier molecular flexibility index (Phi) is 6.67. The largest absolute Gasteiger partial charge is 0.508 e. The molecule has 23 heavy (non-hydrogen) atoms. The predicted molar refractivity (Wildman–Crippen MR) is 92.6 cm³/mol. The van der Waals surface area contributed by atoms with Crippen LogP contribution in [0.1, 0.15) is 45.4 Å². The molecule has 122 valence electrons. The van der Waals surface area contributed by atoms with E-state index in [1.54, 1.807) is 24.3 Å². The number of carbonyl (C=O) groups is 1. The van der Waals surface area contributed by atoms with Crippen LogP contribution < -0.4 is 4.74 Å². The van der Waals surface area contributed by atoms with E-state index in [1.807, 2.05) is 24.3 Å². The van der Waals surface area contributed by atoms with Crippen molar-refractivity contribution in [2.75, 3.05) is 0 Å². The molecular weight excluding hydrogens is 288 g/mol. The zero-order valence-electron chi connectivity index (χ0n) is 13.6. The second kappa shape index (κ2) is 8.99. The van der Waals surface area contributed by atoms with E-state index in [4.69, 9.17) is 4.74 Å². The molecule has 0 bridgehead atoms. The van der Waals surface area contributed by atoms with Gasteiger partial charge in [-0.05, 0) is 41.8 Å². The van der Waals surface area contributed by atoms with Gasteiger partial charge in [0.15, 0.2) is 0 Å². The molecule has 0 spiro atoms. The number of phenols is 1. The van der Waals surface area contributed by atoms with Crippen LogP contribution in [0, 0.1) is 0 Å². The van der Waals surface area contributed by atoms with E-state index in [1.165, 1.54) is 19.3 Å². The highest BCUT2D eigenvalue weighted by atomic mass is 16.5. The Morgan fingerprint density at radius 1 is 0.870 bits per heavy atom. The summed E-state index contributed by atoms with van der Waals surface area (Å²) in [4.78, 5) is 11.8. The highest BCUT2D eigenvalue weighted by Crippen LogP contribution is 2.24. The predicted octanol–water partition coefficient (Wildman–Crippen LogP) is 5.33. The van der Waals surface area contributed by atoms with Gasteiger partial charge in [0, 0.05) is 6.42 Å². The Hall–Kier alpha value is -2.29. The van der Waals surface area contributed by atoms with Crippen molar-refractivity contribution in [3.63, 3.8) is 0 Å². The lowest BCUT2D eigenvalue weighted by atomic mass is 10.1. The summed E-state index contributed by atoms with van der Waals surface area (Å²) in [6, 6.07) is 14.4. The van der Waals surface area contributed by atoms with Crippen molar-refractivity contribution in [2.24, 2.45) is 0 Å². The van der Waals surface area contributed by atoms with Crippen molar-refractivity contribution >= 4 is 5.97 Å². The highest BCUT2D eigenvalue weighted by Gasteiger charge is 2.05. The Bertz CT molecular complexity index is 600. The quantitative estimate of drug-likeness (QED) is 0.407. The SMILES string of the molecule is CCCCCCCC(=O)Oc1ccc(-c2ccc(O)cc2)cc1. The molecule has 0 fully saturated rings. The molecule has 0 aliphatic heterocycles. The van der Waals surface area contributed by atoms with Crippen LogP contribution in [-0.4, -0.2) is 11.1 Å². The highest BCUT2D eigenvalue weighted by molar-refractivity contribution is 5.73. The average molecular weight is 312 g/mol. The number of unbranched alkanes of at least 4 members (excludes halogenated alkanes) is 4. The van der Waals surface area contributed by atoms with Gasteiger partial charge in [-0.25, -0.2) is 0 Å². The number of hydrogen-bond donors (Lipinski definition) is 1. The summed E-state index contributed by atoms with van der Waals surface area (Å²) in [7, 11) is 0. The molecular formula is C20H24O3. The van der Waals surface area contributed by atoms with E-state index in [9.17, 15) is 9.90 Å². The van der Waals surface area contributed by atoms with E-state index in [0.29, 0.717) is 12.2 Å². The Balaban J connectivity index is 1.82. The fourth-order valence-corrected chi connectivity index (χ4v) is 2.42. The summed E-state index contributed by atoms with van der Waals surface area (Å²) in [6.07, 6.45) is 6.08. The van der Waals surface area contributed by atoms with Gasteiger partial charge in [-0.3, -0.25) is 4.79 Å². The number of phenolic OH excluding ortho intramolecular Hbond substituents is 1. The lowest BCUT2D eigenvalue weighted by Gasteiger charge is -2.06. The first-order chi connectivity index (χ1) is 11.2. The van der Waals surface area contributed by atoms with E-state index in [2.05, 4.69) is 6.92 Å². The van der Waals surface area contributed by atoms with Gasteiger partial charge in [-0.2, -0.15) is 0 Å². The van der Waals surface area contributed by atoms with Crippen LogP contribution in [0.4, 0.5) is 0 Å². The molecule has 1 N–H and O–H groups in total. The van der Waals surface area contributed by atoms with Gasteiger partial charge >= 0.3 is 5.97 Å². The van der Waals surface area contributed by atoms with Crippen molar-refractivity contribution < 1.29 is 14.6 Å². The fourth-order valence-electron chi connectivity index (χ4n) is 2.42. The maximum atomic E-state index is 11.8. The van der Waals surface area contributed by atoms with Crippen molar-refractivity contribution in [3.05, 3.63) is 48.5 Å². The number of ether oxygens (including phenoxy) is 1. The fraction of sp³-hybridized carbons (Fsp3) is 0.350. The zero-order valence-corrected chi connectivity index (χ0v) is 13.6. The van der Waals surface area contributed by atoms with Crippen LogP contribution in [0.25, 0.3) is 11.1 Å². The van der Waals surface area contributed by atoms with Crippen molar-refractivity contribution in [3.8, 4) is 22.6 Å². The number of hydrogen-bond acceptors (Lipinski definition) is 3. The first-order valence-electron chi connectivity index (χ1n) is 8.29. The molecule has 0 radical (unpaired) electrons. The summed E-state index contributed by atoms with van der Waals surface area (Å²) in [5, 5.41) is 9.31. The maximum absolute atomic E-state index is 11.8. The van der Waals surface area contributed by atoms with Crippen LogP contribution in [0.3, 0.4) is 0 Å². The average Bonchev–Trinajstić information content (AvgIpc) is 2.56. The molecule has 2 rings (SSSR count). The second-order valence-corrected chi connectivity index (χ2v) is 5.71. The van der Waals surface area contributed by atoms with Crippen molar-refractivity contribution in [2.45, 2.75) is 45.4 Å². The number of esters is 1. The molecule has 0 saturated heterocycles. The third-order valence-electron chi connectivity index (χ3n) is 3.77. The number of carbonyl (C=O) groups excluding carboxylic acids is 1. The molecule has 0 amide bonds. The molecule has 0 unspecified atom stereocenters. The third-order valence-corrected chi connectivity index (χ3v) is 3.77.